The van der Waals surface area contributed by atoms with Crippen LogP contribution in [0.5, 0.6) is 0 Å². The molecule has 0 aliphatic heterocycles. The van der Waals surface area contributed by atoms with Crippen LogP contribution in [0.15, 0.2) is 0 Å². The van der Waals surface area contributed by atoms with Crippen LogP contribution in [-0.4, -0.2) is 11.0 Å². The van der Waals surface area contributed by atoms with Gasteiger partial charge in [-0.15, -0.1) is 11.3 Å². The lowest BCUT2D eigenvalue weighted by Gasteiger charge is -2.22. The van der Waals surface area contributed by atoms with Crippen LogP contribution < -0.4 is 5.32 Å². The van der Waals surface area contributed by atoms with E-state index in [2.05, 4.69) is 24.1 Å². The highest BCUT2D eigenvalue weighted by Gasteiger charge is 2.36. The number of rotatable bonds is 2. The fourth-order valence-electron chi connectivity index (χ4n) is 2.51. The van der Waals surface area contributed by atoms with Gasteiger partial charge in [-0.05, 0) is 38.5 Å². The summed E-state index contributed by atoms with van der Waals surface area (Å²) in [6.07, 6.45) is 5.16. The number of hydrogen-bond acceptors (Lipinski definition) is 3. The number of hydrogen-bond donors (Lipinski definition) is 1. The molecule has 1 N–H and O–H groups in total. The predicted octanol–water partition coefficient (Wildman–Crippen LogP) is 2.83. The summed E-state index contributed by atoms with van der Waals surface area (Å²) in [5.41, 5.74) is 1.37. The molecule has 2 nitrogen and oxygen atoms in total. The average molecular weight is 222 g/mol. The van der Waals surface area contributed by atoms with Gasteiger partial charge in [0.15, 0.2) is 0 Å². The summed E-state index contributed by atoms with van der Waals surface area (Å²) in [7, 11) is 0. The minimum Gasteiger partial charge on any atom is -0.306 e. The van der Waals surface area contributed by atoms with Crippen LogP contribution in [0.2, 0.25) is 0 Å². The van der Waals surface area contributed by atoms with Crippen molar-refractivity contribution in [3.05, 3.63) is 15.6 Å². The van der Waals surface area contributed by atoms with Crippen LogP contribution in [0.25, 0.3) is 0 Å². The van der Waals surface area contributed by atoms with Crippen molar-refractivity contribution in [2.24, 2.45) is 5.92 Å². The topological polar surface area (TPSA) is 24.9 Å². The van der Waals surface area contributed by atoms with Gasteiger partial charge >= 0.3 is 0 Å². The van der Waals surface area contributed by atoms with Crippen molar-refractivity contribution in [3.63, 3.8) is 0 Å². The third-order valence-corrected chi connectivity index (χ3v) is 4.71. The fraction of sp³-hybridized carbons (Fsp3) is 0.750. The minimum atomic E-state index is 0.606. The third-order valence-electron chi connectivity index (χ3n) is 3.58. The van der Waals surface area contributed by atoms with Gasteiger partial charge in [0.05, 0.1) is 10.7 Å². The SMILES string of the molecule is Cc1nc2c(s1)C(NC1CC1C)CCC2. The van der Waals surface area contributed by atoms with Gasteiger partial charge in [0, 0.05) is 17.0 Å². The quantitative estimate of drug-likeness (QED) is 0.832. The van der Waals surface area contributed by atoms with E-state index in [9.17, 15) is 0 Å². The molecular weight excluding hydrogens is 204 g/mol. The second-order valence-electron chi connectivity index (χ2n) is 4.97. The van der Waals surface area contributed by atoms with Crippen LogP contribution in [0, 0.1) is 12.8 Å². The molecule has 0 bridgehead atoms. The highest BCUT2D eigenvalue weighted by molar-refractivity contribution is 7.11. The molecular formula is C12H18N2S. The Morgan fingerprint density at radius 2 is 2.27 bits per heavy atom. The molecule has 0 radical (unpaired) electrons. The lowest BCUT2D eigenvalue weighted by atomic mass is 9.98. The van der Waals surface area contributed by atoms with Crippen molar-refractivity contribution in [1.82, 2.24) is 10.3 Å². The van der Waals surface area contributed by atoms with E-state index in [0.29, 0.717) is 6.04 Å². The molecule has 0 amide bonds. The largest absolute Gasteiger partial charge is 0.306 e. The number of nitrogens with one attached hydrogen (secondary N) is 1. The van der Waals surface area contributed by atoms with E-state index in [4.69, 9.17) is 0 Å². The van der Waals surface area contributed by atoms with E-state index in [1.165, 1.54) is 41.3 Å². The van der Waals surface area contributed by atoms with Crippen LogP contribution in [-0.2, 0) is 6.42 Å². The van der Waals surface area contributed by atoms with Crippen molar-refractivity contribution in [2.45, 2.75) is 51.6 Å². The average Bonchev–Trinajstić information content (AvgIpc) is 2.74. The molecule has 0 saturated heterocycles. The predicted molar refractivity (Wildman–Crippen MR) is 63.2 cm³/mol. The lowest BCUT2D eigenvalue weighted by molar-refractivity contribution is 0.453. The maximum absolute atomic E-state index is 4.63. The van der Waals surface area contributed by atoms with Crippen molar-refractivity contribution in [2.75, 3.05) is 0 Å². The zero-order chi connectivity index (χ0) is 10.4. The second-order valence-corrected chi connectivity index (χ2v) is 6.21. The zero-order valence-electron chi connectivity index (χ0n) is 9.42. The van der Waals surface area contributed by atoms with Gasteiger partial charge in [0.1, 0.15) is 0 Å². The first-order chi connectivity index (χ1) is 7.24. The maximum atomic E-state index is 4.63. The summed E-state index contributed by atoms with van der Waals surface area (Å²) in [4.78, 5) is 6.15. The summed E-state index contributed by atoms with van der Waals surface area (Å²) in [5.74, 6) is 0.893. The monoisotopic (exact) mass is 222 g/mol. The standard InChI is InChI=1S/C12H18N2S/c1-7-6-11(7)14-10-5-3-4-9-12(10)15-8(2)13-9/h7,10-11,14H,3-6H2,1-2H3. The van der Waals surface area contributed by atoms with E-state index in [0.717, 1.165) is 12.0 Å². The number of aromatic nitrogens is 1. The van der Waals surface area contributed by atoms with Gasteiger partial charge in [-0.25, -0.2) is 4.98 Å². The molecule has 1 saturated carbocycles. The maximum Gasteiger partial charge on any atom is 0.0900 e. The van der Waals surface area contributed by atoms with Crippen LogP contribution in [0.3, 0.4) is 0 Å². The van der Waals surface area contributed by atoms with Crippen LogP contribution in [0.1, 0.15) is 47.8 Å². The molecule has 1 aromatic heterocycles. The molecule has 3 rings (SSSR count). The molecule has 15 heavy (non-hydrogen) atoms. The molecule has 3 unspecified atom stereocenters. The molecule has 82 valence electrons. The minimum absolute atomic E-state index is 0.606. The normalized spacial score (nSPS) is 33.9. The zero-order valence-corrected chi connectivity index (χ0v) is 10.2. The lowest BCUT2D eigenvalue weighted by Crippen LogP contribution is -2.26. The Bertz CT molecular complexity index is 372. The molecule has 3 atom stereocenters. The van der Waals surface area contributed by atoms with E-state index in [1.54, 1.807) is 0 Å². The molecule has 2 aliphatic rings. The van der Waals surface area contributed by atoms with Gasteiger partial charge in [-0.1, -0.05) is 6.92 Å². The first-order valence-corrected chi connectivity index (χ1v) is 6.78. The number of nitrogens with zero attached hydrogens (tertiary/aromatic N) is 1. The molecule has 0 spiro atoms. The first-order valence-electron chi connectivity index (χ1n) is 5.96. The molecule has 1 fully saturated rings. The van der Waals surface area contributed by atoms with Crippen LogP contribution in [0.4, 0.5) is 0 Å². The van der Waals surface area contributed by atoms with E-state index in [-0.39, 0.29) is 0 Å². The Kier molecular flexibility index (Phi) is 2.33. The van der Waals surface area contributed by atoms with Crippen molar-refractivity contribution >= 4 is 11.3 Å². The van der Waals surface area contributed by atoms with Gasteiger partial charge in [0.25, 0.3) is 0 Å². The Morgan fingerprint density at radius 3 is 3.00 bits per heavy atom. The molecule has 1 heterocycles. The molecule has 2 aliphatic carbocycles. The number of fused-ring (bicyclic) bond motifs is 1. The van der Waals surface area contributed by atoms with E-state index in [1.807, 2.05) is 11.3 Å². The summed E-state index contributed by atoms with van der Waals surface area (Å²) < 4.78 is 0. The molecule has 3 heteroatoms. The van der Waals surface area contributed by atoms with Gasteiger partial charge in [-0.2, -0.15) is 0 Å². The highest BCUT2D eigenvalue weighted by Crippen LogP contribution is 2.38. The summed E-state index contributed by atoms with van der Waals surface area (Å²) in [6, 6.07) is 1.39. The Morgan fingerprint density at radius 1 is 1.47 bits per heavy atom. The summed E-state index contributed by atoms with van der Waals surface area (Å²) in [5, 5.41) is 5.02. The second kappa shape index (κ2) is 3.56. The van der Waals surface area contributed by atoms with Crippen LogP contribution >= 0.6 is 11.3 Å². The molecule has 1 aromatic rings. The first kappa shape index (κ1) is 9.79. The van der Waals surface area contributed by atoms with Crippen molar-refractivity contribution in [1.29, 1.82) is 0 Å². The Balaban J connectivity index is 1.79. The Labute approximate surface area is 95.1 Å². The van der Waals surface area contributed by atoms with Gasteiger partial charge < -0.3 is 5.32 Å². The molecule has 0 aromatic carbocycles. The van der Waals surface area contributed by atoms with Crippen molar-refractivity contribution < 1.29 is 0 Å². The van der Waals surface area contributed by atoms with E-state index >= 15 is 0 Å². The smallest absolute Gasteiger partial charge is 0.0900 e. The third kappa shape index (κ3) is 1.83. The summed E-state index contributed by atoms with van der Waals surface area (Å²) >= 11 is 1.90. The van der Waals surface area contributed by atoms with Crippen molar-refractivity contribution in [3.8, 4) is 0 Å². The number of aryl methyl sites for hydroxylation is 2. The highest BCUT2D eigenvalue weighted by atomic mass is 32.1. The number of thiazole rings is 1. The van der Waals surface area contributed by atoms with E-state index < -0.39 is 0 Å². The van der Waals surface area contributed by atoms with Gasteiger partial charge in [0.2, 0.25) is 0 Å². The Hall–Kier alpha value is -0.410. The fourth-order valence-corrected chi connectivity index (χ4v) is 3.58. The summed E-state index contributed by atoms with van der Waals surface area (Å²) in [6.45, 7) is 4.46. The van der Waals surface area contributed by atoms with Gasteiger partial charge in [-0.3, -0.25) is 0 Å².